The summed E-state index contributed by atoms with van der Waals surface area (Å²) in [6, 6.07) is -1.73. The predicted molar refractivity (Wildman–Crippen MR) is 472 cm³/mol. The summed E-state index contributed by atoms with van der Waals surface area (Å²) in [6.07, 6.45) is 55.4. The van der Waals surface area contributed by atoms with Crippen LogP contribution >= 0.6 is 7.82 Å². The van der Waals surface area contributed by atoms with E-state index >= 15 is 4.79 Å². The van der Waals surface area contributed by atoms with Crippen LogP contribution in [-0.2, 0) is 66.3 Å². The Bertz CT molecular complexity index is 2380. The Morgan fingerprint density at radius 2 is 0.632 bits per heavy atom. The molecule has 21 nitrogen and oxygen atoms in total. The third-order valence-electron chi connectivity index (χ3n) is 23.5. The molecular formula is C95H181N2O19P. The second-order valence-electron chi connectivity index (χ2n) is 34.9. The zero-order valence-corrected chi connectivity index (χ0v) is 76.7. The summed E-state index contributed by atoms with van der Waals surface area (Å²) in [5.41, 5.74) is -1.69. The van der Waals surface area contributed by atoms with Crippen molar-refractivity contribution in [2.75, 3.05) is 33.0 Å². The van der Waals surface area contributed by atoms with Gasteiger partial charge in [0.25, 0.3) is 0 Å². The molecule has 0 aromatic heterocycles. The summed E-state index contributed by atoms with van der Waals surface area (Å²) in [5.74, 6) is -3.55. The van der Waals surface area contributed by atoms with E-state index < -0.39 is 131 Å². The smallest absolute Gasteiger partial charge is 0.462 e. The van der Waals surface area contributed by atoms with Crippen LogP contribution in [0.4, 0.5) is 0 Å². The predicted octanol–water partition coefficient (Wildman–Crippen LogP) is 23.5. The van der Waals surface area contributed by atoms with E-state index in [1.165, 1.54) is 173 Å². The van der Waals surface area contributed by atoms with E-state index in [1.54, 1.807) is 0 Å². The number of rotatable bonds is 87. The van der Waals surface area contributed by atoms with Crippen LogP contribution < -0.4 is 10.6 Å². The molecule has 1 fully saturated rings. The van der Waals surface area contributed by atoms with Crippen molar-refractivity contribution in [3.63, 3.8) is 0 Å². The Kier molecular flexibility index (Phi) is 75.2. The molecule has 117 heavy (non-hydrogen) atoms. The molecule has 2 unspecified atom stereocenters. The highest BCUT2D eigenvalue weighted by molar-refractivity contribution is 7.46. The Labute approximate surface area is 713 Å². The topological polar surface area (TPSA) is 309 Å². The van der Waals surface area contributed by atoms with E-state index in [-0.39, 0.29) is 38.2 Å². The Hall–Kier alpha value is -3.27. The molecule has 0 aliphatic carbocycles. The van der Waals surface area contributed by atoms with E-state index in [2.05, 4.69) is 52.2 Å². The van der Waals surface area contributed by atoms with Crippen LogP contribution in [0.5, 0.6) is 0 Å². The van der Waals surface area contributed by atoms with Crippen molar-refractivity contribution < 1.29 is 91.4 Å². The molecule has 0 aromatic rings. The summed E-state index contributed by atoms with van der Waals surface area (Å²) in [7, 11) is -5.56. The molecule has 7 N–H and O–H groups in total. The average molecular weight is 1690 g/mol. The number of nitrogens with one attached hydrogen (secondary N) is 2. The number of aliphatic hydroxyl groups excluding tert-OH is 3. The van der Waals surface area contributed by atoms with Gasteiger partial charge in [-0.1, -0.05) is 388 Å². The second kappa shape index (κ2) is 78.7. The van der Waals surface area contributed by atoms with Gasteiger partial charge in [-0.2, -0.15) is 0 Å². The van der Waals surface area contributed by atoms with Gasteiger partial charge in [0.15, 0.2) is 12.4 Å². The van der Waals surface area contributed by atoms with E-state index in [9.17, 15) is 53.6 Å². The first-order valence-corrected chi connectivity index (χ1v) is 50.6. The molecule has 1 aliphatic rings. The molecule has 690 valence electrons. The Balaban J connectivity index is 3.84. The largest absolute Gasteiger partial charge is 0.470 e. The fourth-order valence-corrected chi connectivity index (χ4v) is 16.5. The first kappa shape index (κ1) is 112. The molecule has 8 atom stereocenters. The fraction of sp³-hybridized carbons (Fsp3) is 0.937. The molecule has 1 saturated heterocycles. The van der Waals surface area contributed by atoms with Crippen LogP contribution in [0.2, 0.25) is 0 Å². The highest BCUT2D eigenvalue weighted by Crippen LogP contribution is 2.43. The molecule has 22 heteroatoms. The van der Waals surface area contributed by atoms with Gasteiger partial charge in [0.2, 0.25) is 11.8 Å². The first-order chi connectivity index (χ1) is 56.9. The summed E-state index contributed by atoms with van der Waals surface area (Å²) >= 11 is 0. The first-order valence-electron chi connectivity index (χ1n) is 49.0. The number of carbonyl (C=O) groups is 6. The zero-order chi connectivity index (χ0) is 85.8. The van der Waals surface area contributed by atoms with Crippen molar-refractivity contribution in [1.82, 2.24) is 10.6 Å². The lowest BCUT2D eigenvalue weighted by Crippen LogP contribution is -2.67. The lowest BCUT2D eigenvalue weighted by molar-refractivity contribution is -0.278. The molecular weight excluding hydrogens is 1500 g/mol. The number of hydrogen-bond donors (Lipinski definition) is 7. The van der Waals surface area contributed by atoms with Crippen molar-refractivity contribution in [3.05, 3.63) is 0 Å². The van der Waals surface area contributed by atoms with E-state index in [4.69, 9.17) is 32.9 Å². The van der Waals surface area contributed by atoms with Gasteiger partial charge < -0.3 is 64.2 Å². The molecule has 0 radical (unpaired) electrons. The van der Waals surface area contributed by atoms with E-state index in [1.807, 2.05) is 0 Å². The van der Waals surface area contributed by atoms with Crippen molar-refractivity contribution in [2.45, 2.75) is 534 Å². The lowest BCUT2D eigenvalue weighted by Gasteiger charge is -2.46. The molecule has 1 heterocycles. The van der Waals surface area contributed by atoms with Gasteiger partial charge in [-0.05, 0) is 57.8 Å². The number of aliphatic hydroxyl groups is 3. The summed E-state index contributed by atoms with van der Waals surface area (Å²) < 4.78 is 56.0. The monoisotopic (exact) mass is 1690 g/mol. The van der Waals surface area contributed by atoms with Crippen LogP contribution in [0.15, 0.2) is 0 Å². The molecule has 0 bridgehead atoms. The molecule has 0 spiro atoms. The quantitative estimate of drug-likeness (QED) is 0.0129. The number of unbranched alkanes of at least 4 members (excludes halogenated alkanes) is 54. The highest BCUT2D eigenvalue weighted by atomic mass is 31.2. The molecule has 2 amide bonds. The number of ether oxygens (including phenoxy) is 6. The van der Waals surface area contributed by atoms with Crippen molar-refractivity contribution in [3.8, 4) is 0 Å². The average Bonchev–Trinajstić information content (AvgIpc) is 0.777. The van der Waals surface area contributed by atoms with Gasteiger partial charge in [-0.15, -0.1) is 0 Å². The van der Waals surface area contributed by atoms with Crippen LogP contribution in [0.1, 0.15) is 485 Å². The third-order valence-corrected chi connectivity index (χ3v) is 24.0. The normalized spacial score (nSPS) is 16.6. The van der Waals surface area contributed by atoms with Crippen LogP contribution in [0.3, 0.4) is 0 Å². The van der Waals surface area contributed by atoms with E-state index in [0.29, 0.717) is 51.4 Å². The summed E-state index contributed by atoms with van der Waals surface area (Å²) in [4.78, 5) is 106. The van der Waals surface area contributed by atoms with Gasteiger partial charge in [0, 0.05) is 25.8 Å². The maximum atomic E-state index is 15.0. The van der Waals surface area contributed by atoms with Crippen LogP contribution in [0, 0.1) is 5.41 Å². The zero-order valence-electron chi connectivity index (χ0n) is 75.8. The maximum Gasteiger partial charge on any atom is 0.470 e. The van der Waals surface area contributed by atoms with Crippen molar-refractivity contribution in [2.24, 2.45) is 5.41 Å². The standard InChI is InChI=1S/C95H181N2O19P/c1-7-13-19-25-31-37-40-46-52-58-64-70-87(103)111-81(67-61-55-49-43-34-28-22-16-10-4)73-85(101)96-77-95(78-99,79-100)80-110-94-91(97-86(102)74-82(68-62-56-50-44-35-29-23-17-11-5)112-88(104)71-65-59-53-47-41-38-32-26-20-14-8-2)93(92(84(76-98)114-94)116-117(107,108)109)115-90(106)75-83(69-63-57-51-45-36-30-24-18-12-6)113-89(105)72-66-60-54-48-42-39-33-27-21-15-9-3/h81-84,91-94,98-100H,7-80H2,1-6H3,(H,96,101)(H,97,102)(H2,107,108,109)/t81-,82-,83-,84?,91+,92-,93?,94-/m1/s1. The van der Waals surface area contributed by atoms with E-state index in [0.717, 1.165) is 180 Å². The fourth-order valence-electron chi connectivity index (χ4n) is 15.9. The minimum absolute atomic E-state index is 0.139. The second-order valence-corrected chi connectivity index (χ2v) is 36.1. The van der Waals surface area contributed by atoms with Gasteiger partial charge in [-0.25, -0.2) is 4.57 Å². The molecule has 0 aromatic carbocycles. The Morgan fingerprint density at radius 3 is 0.915 bits per heavy atom. The number of amides is 2. The SMILES string of the molecule is CCCCCCCCCCCCCC(=O)O[C@H](CCCCCCCCCCC)CC(=O)NCC(CO)(CO)CO[C@@H]1OC(CO)[C@@H](OP(=O)(O)O)C(OC(=O)C[C@@H](CCCCCCCCCCC)OC(=O)CCCCCCCCCCCCC)[C@@H]1NC(=O)C[C@@H](CCCCCCCCCCC)OC(=O)CCCCCCCCCCCCC. The number of phosphoric acid groups is 1. The van der Waals surface area contributed by atoms with Crippen LogP contribution in [-0.4, -0.2) is 143 Å². The third kappa shape index (κ3) is 65.1. The maximum absolute atomic E-state index is 15.0. The number of esters is 4. The van der Waals surface area contributed by atoms with Gasteiger partial charge in [0.05, 0.1) is 51.1 Å². The van der Waals surface area contributed by atoms with Gasteiger partial charge in [-0.3, -0.25) is 33.3 Å². The Morgan fingerprint density at radius 1 is 0.359 bits per heavy atom. The lowest BCUT2D eigenvalue weighted by atomic mass is 9.90. The highest BCUT2D eigenvalue weighted by Gasteiger charge is 2.53. The molecule has 1 aliphatic heterocycles. The number of hydrogen-bond acceptors (Lipinski definition) is 17. The molecule has 0 saturated carbocycles. The van der Waals surface area contributed by atoms with Gasteiger partial charge >= 0.3 is 31.7 Å². The van der Waals surface area contributed by atoms with Crippen molar-refractivity contribution >= 4 is 43.5 Å². The van der Waals surface area contributed by atoms with Crippen LogP contribution in [0.25, 0.3) is 0 Å². The minimum Gasteiger partial charge on any atom is -0.462 e. The molecule has 1 rings (SSSR count). The number of phosphoric ester groups is 1. The minimum atomic E-state index is -5.56. The summed E-state index contributed by atoms with van der Waals surface area (Å²) in [6.45, 7) is 9.69. The summed E-state index contributed by atoms with van der Waals surface area (Å²) in [5, 5.41) is 39.3. The van der Waals surface area contributed by atoms with Crippen molar-refractivity contribution in [1.29, 1.82) is 0 Å². The number of carbonyl (C=O) groups excluding carboxylic acids is 6. The van der Waals surface area contributed by atoms with Gasteiger partial charge in [0.1, 0.15) is 36.6 Å².